The number of rotatable bonds is 2. The second kappa shape index (κ2) is 2.69. The molecular weight excluding hydrogens is 112 g/mol. The average molecular weight is 124 g/mol. The van der Waals surface area contributed by atoms with E-state index in [1.165, 1.54) is 5.69 Å². The van der Waals surface area contributed by atoms with Gasteiger partial charge in [-0.15, -0.1) is 0 Å². The van der Waals surface area contributed by atoms with Gasteiger partial charge in [-0.2, -0.15) is 0 Å². The van der Waals surface area contributed by atoms with Gasteiger partial charge in [0, 0.05) is 24.4 Å². The van der Waals surface area contributed by atoms with Gasteiger partial charge in [0.2, 0.25) is 0 Å². The zero-order valence-corrected chi connectivity index (χ0v) is 5.59. The summed E-state index contributed by atoms with van der Waals surface area (Å²) in [5, 5.41) is 0. The monoisotopic (exact) mass is 124 g/mol. The van der Waals surface area contributed by atoms with Crippen molar-refractivity contribution in [2.75, 3.05) is 0 Å². The maximum Gasteiger partial charge on any atom is 0.0162 e. The zero-order chi connectivity index (χ0) is 6.69. The number of H-pyrrole nitrogens is 1. The SMILES string of the molecule is C[C@@H](N)Cc1ccc[nH]1. The molecule has 0 saturated carbocycles. The van der Waals surface area contributed by atoms with Gasteiger partial charge in [0.15, 0.2) is 0 Å². The Hall–Kier alpha value is -0.760. The lowest BCUT2D eigenvalue weighted by Crippen LogP contribution is -2.17. The van der Waals surface area contributed by atoms with Crippen LogP contribution in [-0.4, -0.2) is 11.0 Å². The van der Waals surface area contributed by atoms with Crippen molar-refractivity contribution in [3.05, 3.63) is 24.0 Å². The fraction of sp³-hybridized carbons (Fsp3) is 0.429. The van der Waals surface area contributed by atoms with Gasteiger partial charge in [0.1, 0.15) is 0 Å². The van der Waals surface area contributed by atoms with Crippen LogP contribution >= 0.6 is 0 Å². The molecule has 50 valence electrons. The molecule has 3 N–H and O–H groups in total. The summed E-state index contributed by atoms with van der Waals surface area (Å²) < 4.78 is 0. The molecule has 1 atom stereocenters. The van der Waals surface area contributed by atoms with Gasteiger partial charge in [-0.25, -0.2) is 0 Å². The van der Waals surface area contributed by atoms with E-state index in [-0.39, 0.29) is 6.04 Å². The van der Waals surface area contributed by atoms with Crippen LogP contribution in [0.5, 0.6) is 0 Å². The zero-order valence-electron chi connectivity index (χ0n) is 5.59. The third kappa shape index (κ3) is 1.90. The fourth-order valence-corrected chi connectivity index (χ4v) is 0.841. The minimum absolute atomic E-state index is 0.253. The van der Waals surface area contributed by atoms with E-state index in [2.05, 4.69) is 4.98 Å². The van der Waals surface area contributed by atoms with E-state index in [0.717, 1.165) is 6.42 Å². The summed E-state index contributed by atoms with van der Waals surface area (Å²) in [4.78, 5) is 3.09. The van der Waals surface area contributed by atoms with Gasteiger partial charge in [0.05, 0.1) is 0 Å². The highest BCUT2D eigenvalue weighted by Gasteiger charge is 1.95. The number of aromatic nitrogens is 1. The molecule has 1 rings (SSSR count). The van der Waals surface area contributed by atoms with Crippen LogP contribution in [0.3, 0.4) is 0 Å². The molecule has 0 aliphatic rings. The van der Waals surface area contributed by atoms with Crippen LogP contribution in [0.25, 0.3) is 0 Å². The van der Waals surface area contributed by atoms with Crippen molar-refractivity contribution in [1.29, 1.82) is 0 Å². The lowest BCUT2D eigenvalue weighted by molar-refractivity contribution is 0.726. The largest absolute Gasteiger partial charge is 0.365 e. The molecule has 0 unspecified atom stereocenters. The quantitative estimate of drug-likeness (QED) is 0.604. The predicted molar refractivity (Wildman–Crippen MR) is 38.1 cm³/mol. The summed E-state index contributed by atoms with van der Waals surface area (Å²) in [6.45, 7) is 2.00. The molecule has 2 heteroatoms. The van der Waals surface area contributed by atoms with E-state index in [4.69, 9.17) is 5.73 Å². The average Bonchev–Trinajstić information content (AvgIpc) is 2.15. The lowest BCUT2D eigenvalue weighted by atomic mass is 10.2. The molecule has 0 aliphatic carbocycles. The molecule has 0 aromatic carbocycles. The summed E-state index contributed by atoms with van der Waals surface area (Å²) >= 11 is 0. The molecular formula is C7H12N2. The topological polar surface area (TPSA) is 41.8 Å². The van der Waals surface area contributed by atoms with Crippen molar-refractivity contribution in [1.82, 2.24) is 4.98 Å². The minimum atomic E-state index is 0.253. The van der Waals surface area contributed by atoms with Crippen LogP contribution in [0.1, 0.15) is 12.6 Å². The summed E-state index contributed by atoms with van der Waals surface area (Å²) in [7, 11) is 0. The maximum atomic E-state index is 5.56. The smallest absolute Gasteiger partial charge is 0.0162 e. The molecule has 2 nitrogen and oxygen atoms in total. The third-order valence-electron chi connectivity index (χ3n) is 1.20. The van der Waals surface area contributed by atoms with E-state index in [1.54, 1.807) is 0 Å². The molecule has 0 spiro atoms. The van der Waals surface area contributed by atoms with E-state index >= 15 is 0 Å². The Balaban J connectivity index is 2.48. The Morgan fingerprint density at radius 1 is 1.78 bits per heavy atom. The van der Waals surface area contributed by atoms with Crippen molar-refractivity contribution in [3.8, 4) is 0 Å². The second-order valence-corrected chi connectivity index (χ2v) is 2.38. The van der Waals surface area contributed by atoms with Gasteiger partial charge in [0.25, 0.3) is 0 Å². The van der Waals surface area contributed by atoms with Crippen molar-refractivity contribution in [3.63, 3.8) is 0 Å². The van der Waals surface area contributed by atoms with Crippen molar-refractivity contribution in [2.45, 2.75) is 19.4 Å². The number of aromatic amines is 1. The highest BCUT2D eigenvalue weighted by Crippen LogP contribution is 1.96. The fourth-order valence-electron chi connectivity index (χ4n) is 0.841. The molecule has 0 bridgehead atoms. The highest BCUT2D eigenvalue weighted by atomic mass is 14.7. The molecule has 1 heterocycles. The maximum absolute atomic E-state index is 5.56. The molecule has 1 aromatic rings. The van der Waals surface area contributed by atoms with Gasteiger partial charge in [-0.3, -0.25) is 0 Å². The Bertz CT molecular complexity index is 153. The summed E-state index contributed by atoms with van der Waals surface area (Å²) in [6.07, 6.45) is 2.85. The molecule has 0 amide bonds. The van der Waals surface area contributed by atoms with E-state index in [1.807, 2.05) is 25.3 Å². The second-order valence-electron chi connectivity index (χ2n) is 2.38. The molecule has 0 saturated heterocycles. The number of nitrogens with two attached hydrogens (primary N) is 1. The van der Waals surface area contributed by atoms with Crippen LogP contribution in [-0.2, 0) is 6.42 Å². The Morgan fingerprint density at radius 3 is 3.00 bits per heavy atom. The van der Waals surface area contributed by atoms with Crippen molar-refractivity contribution in [2.24, 2.45) is 5.73 Å². The van der Waals surface area contributed by atoms with Gasteiger partial charge in [-0.1, -0.05) is 0 Å². The van der Waals surface area contributed by atoms with Crippen molar-refractivity contribution >= 4 is 0 Å². The van der Waals surface area contributed by atoms with E-state index in [0.29, 0.717) is 0 Å². The normalized spacial score (nSPS) is 13.6. The van der Waals surface area contributed by atoms with E-state index < -0.39 is 0 Å². The van der Waals surface area contributed by atoms with Crippen LogP contribution in [0, 0.1) is 0 Å². The van der Waals surface area contributed by atoms with Crippen LogP contribution in [0.15, 0.2) is 18.3 Å². The Morgan fingerprint density at radius 2 is 2.56 bits per heavy atom. The Labute approximate surface area is 55.1 Å². The molecule has 0 radical (unpaired) electrons. The number of hydrogen-bond acceptors (Lipinski definition) is 1. The first-order valence-electron chi connectivity index (χ1n) is 3.17. The van der Waals surface area contributed by atoms with Gasteiger partial charge in [-0.05, 0) is 19.1 Å². The summed E-state index contributed by atoms with van der Waals surface area (Å²) in [6, 6.07) is 4.28. The highest BCUT2D eigenvalue weighted by molar-refractivity contribution is 5.04. The lowest BCUT2D eigenvalue weighted by Gasteiger charge is -2.00. The van der Waals surface area contributed by atoms with Crippen LogP contribution in [0.4, 0.5) is 0 Å². The van der Waals surface area contributed by atoms with Crippen molar-refractivity contribution < 1.29 is 0 Å². The standard InChI is InChI=1S/C7H12N2/c1-6(8)5-7-3-2-4-9-7/h2-4,6,9H,5,8H2,1H3/t6-/m1/s1. The summed E-state index contributed by atoms with van der Waals surface area (Å²) in [5.74, 6) is 0. The molecule has 1 aromatic heterocycles. The van der Waals surface area contributed by atoms with Gasteiger partial charge >= 0.3 is 0 Å². The number of nitrogens with one attached hydrogen (secondary N) is 1. The van der Waals surface area contributed by atoms with Crippen LogP contribution in [0.2, 0.25) is 0 Å². The first-order valence-corrected chi connectivity index (χ1v) is 3.17. The van der Waals surface area contributed by atoms with Crippen LogP contribution < -0.4 is 5.73 Å². The first kappa shape index (κ1) is 6.36. The number of hydrogen-bond donors (Lipinski definition) is 2. The first-order chi connectivity index (χ1) is 4.29. The molecule has 0 aliphatic heterocycles. The summed E-state index contributed by atoms with van der Waals surface area (Å²) in [5.41, 5.74) is 6.78. The molecule has 9 heavy (non-hydrogen) atoms. The third-order valence-corrected chi connectivity index (χ3v) is 1.20. The molecule has 0 fully saturated rings. The Kier molecular flexibility index (Phi) is 1.90. The minimum Gasteiger partial charge on any atom is -0.365 e. The van der Waals surface area contributed by atoms with E-state index in [9.17, 15) is 0 Å². The predicted octanol–water partition coefficient (Wildman–Crippen LogP) is 0.904. The van der Waals surface area contributed by atoms with Gasteiger partial charge < -0.3 is 10.7 Å².